The Bertz CT molecular complexity index is 562. The van der Waals surface area contributed by atoms with E-state index in [1.807, 2.05) is 19.0 Å². The first-order chi connectivity index (χ1) is 9.21. The molecule has 2 atom stereocenters. The van der Waals surface area contributed by atoms with E-state index in [1.165, 1.54) is 10.5 Å². The van der Waals surface area contributed by atoms with E-state index in [9.17, 15) is 13.5 Å². The number of likely N-dealkylation sites (N-methyl/N-ethyl adjacent to an activating group) is 1. The maximum Gasteiger partial charge on any atom is 0.262 e. The van der Waals surface area contributed by atoms with Crippen LogP contribution in [-0.4, -0.2) is 71.6 Å². The molecule has 1 aliphatic rings. The molecule has 2 rings (SSSR count). The molecule has 1 saturated heterocycles. The van der Waals surface area contributed by atoms with Crippen LogP contribution in [-0.2, 0) is 17.1 Å². The monoisotopic (exact) mass is 302 g/mol. The fourth-order valence-corrected chi connectivity index (χ4v) is 4.21. The van der Waals surface area contributed by atoms with Gasteiger partial charge in [-0.3, -0.25) is 0 Å². The zero-order valence-electron chi connectivity index (χ0n) is 12.3. The largest absolute Gasteiger partial charge is 0.392 e. The van der Waals surface area contributed by atoms with Gasteiger partial charge in [-0.05, 0) is 27.4 Å². The Balaban J connectivity index is 2.32. The normalized spacial score (nSPS) is 24.7. The summed E-state index contributed by atoms with van der Waals surface area (Å²) in [4.78, 5) is 6.03. The van der Waals surface area contributed by atoms with Crippen LogP contribution in [0.2, 0.25) is 0 Å². The summed E-state index contributed by atoms with van der Waals surface area (Å²) in [6.45, 7) is 2.48. The Morgan fingerprint density at radius 1 is 1.50 bits per heavy atom. The van der Waals surface area contributed by atoms with Crippen molar-refractivity contribution in [2.75, 3.05) is 27.2 Å². The van der Waals surface area contributed by atoms with Crippen LogP contribution < -0.4 is 0 Å². The lowest BCUT2D eigenvalue weighted by molar-refractivity contribution is 0.188. The summed E-state index contributed by atoms with van der Waals surface area (Å²) in [5.41, 5.74) is 0. The second kappa shape index (κ2) is 5.44. The van der Waals surface area contributed by atoms with E-state index < -0.39 is 16.1 Å². The third-order valence-electron chi connectivity index (χ3n) is 3.58. The molecular formula is C12H22N4O3S. The third-order valence-corrected chi connectivity index (χ3v) is 5.37. The van der Waals surface area contributed by atoms with Gasteiger partial charge in [0.15, 0.2) is 5.03 Å². The lowest BCUT2D eigenvalue weighted by Crippen LogP contribution is -2.41. The van der Waals surface area contributed by atoms with Crippen LogP contribution >= 0.6 is 0 Å². The van der Waals surface area contributed by atoms with Crippen LogP contribution in [0.25, 0.3) is 0 Å². The number of aromatic nitrogens is 2. The van der Waals surface area contributed by atoms with Gasteiger partial charge in [0, 0.05) is 32.4 Å². The maximum absolute atomic E-state index is 12.7. The van der Waals surface area contributed by atoms with Gasteiger partial charge in [0.05, 0.1) is 6.10 Å². The third kappa shape index (κ3) is 2.88. The predicted molar refractivity (Wildman–Crippen MR) is 74.8 cm³/mol. The van der Waals surface area contributed by atoms with Gasteiger partial charge in [-0.25, -0.2) is 13.4 Å². The second-order valence-electron chi connectivity index (χ2n) is 5.62. The number of sulfonamides is 1. The van der Waals surface area contributed by atoms with E-state index in [1.54, 1.807) is 18.5 Å². The highest BCUT2D eigenvalue weighted by Crippen LogP contribution is 2.26. The summed E-state index contributed by atoms with van der Waals surface area (Å²) in [6, 6.07) is -0.215. The van der Waals surface area contributed by atoms with E-state index >= 15 is 0 Å². The Hall–Kier alpha value is -0.960. The summed E-state index contributed by atoms with van der Waals surface area (Å²) >= 11 is 0. The first-order valence-corrected chi connectivity index (χ1v) is 8.00. The Morgan fingerprint density at radius 2 is 2.15 bits per heavy atom. The molecule has 0 aromatic carbocycles. The fraction of sp³-hybridized carbons (Fsp3) is 0.750. The molecule has 2 unspecified atom stereocenters. The number of hydrogen-bond donors (Lipinski definition) is 1. The van der Waals surface area contributed by atoms with Gasteiger partial charge in [0.25, 0.3) is 10.0 Å². The van der Waals surface area contributed by atoms with E-state index in [4.69, 9.17) is 0 Å². The Labute approximate surface area is 119 Å². The number of nitrogens with zero attached hydrogens (tertiary/aromatic N) is 4. The van der Waals surface area contributed by atoms with Crippen molar-refractivity contribution in [3.8, 4) is 0 Å². The van der Waals surface area contributed by atoms with Gasteiger partial charge in [-0.1, -0.05) is 0 Å². The van der Waals surface area contributed by atoms with Gasteiger partial charge >= 0.3 is 0 Å². The van der Waals surface area contributed by atoms with E-state index in [0.717, 1.165) is 0 Å². The maximum atomic E-state index is 12.7. The molecule has 114 valence electrons. The first kappa shape index (κ1) is 15.4. The van der Waals surface area contributed by atoms with Crippen LogP contribution in [0, 0.1) is 6.92 Å². The highest BCUT2D eigenvalue weighted by Gasteiger charge is 2.40. The second-order valence-corrected chi connectivity index (χ2v) is 7.46. The predicted octanol–water partition coefficient (Wildman–Crippen LogP) is -0.586. The first-order valence-electron chi connectivity index (χ1n) is 6.56. The molecule has 8 heteroatoms. The summed E-state index contributed by atoms with van der Waals surface area (Å²) in [7, 11) is 1.89. The molecule has 20 heavy (non-hydrogen) atoms. The SMILES string of the molecule is Cc1nc(S(=O)(=O)N2CC(O)CC2CN(C)C)cn1C. The minimum absolute atomic E-state index is 0.0513. The number of β-amino-alcohol motifs (C(OH)–C–C–N with tert-alkyl or cyclic N) is 1. The van der Waals surface area contributed by atoms with Crippen molar-refractivity contribution in [2.45, 2.75) is 30.5 Å². The summed E-state index contributed by atoms with van der Waals surface area (Å²) in [5.74, 6) is 0.646. The number of aliphatic hydroxyl groups excluding tert-OH is 1. The van der Waals surface area contributed by atoms with Crippen molar-refractivity contribution in [1.82, 2.24) is 18.8 Å². The van der Waals surface area contributed by atoms with Gasteiger partial charge in [-0.15, -0.1) is 0 Å². The molecule has 7 nitrogen and oxygen atoms in total. The highest BCUT2D eigenvalue weighted by molar-refractivity contribution is 7.89. The van der Waals surface area contributed by atoms with Crippen molar-refractivity contribution >= 4 is 10.0 Å². The zero-order chi connectivity index (χ0) is 15.1. The van der Waals surface area contributed by atoms with Crippen LogP contribution in [0.3, 0.4) is 0 Å². The van der Waals surface area contributed by atoms with Crippen molar-refractivity contribution in [3.63, 3.8) is 0 Å². The zero-order valence-corrected chi connectivity index (χ0v) is 13.1. The van der Waals surface area contributed by atoms with Crippen LogP contribution in [0.15, 0.2) is 11.2 Å². The van der Waals surface area contributed by atoms with Crippen LogP contribution in [0.1, 0.15) is 12.2 Å². The smallest absolute Gasteiger partial charge is 0.262 e. The highest BCUT2D eigenvalue weighted by atomic mass is 32.2. The number of imidazole rings is 1. The molecule has 1 aliphatic heterocycles. The summed E-state index contributed by atoms with van der Waals surface area (Å²) in [6.07, 6.45) is 1.37. The summed E-state index contributed by atoms with van der Waals surface area (Å²) < 4.78 is 28.4. The minimum Gasteiger partial charge on any atom is -0.392 e. The topological polar surface area (TPSA) is 78.7 Å². The standard InChI is InChI=1S/C12H22N4O3S/c1-9-13-12(8-15(9)4)20(18,19)16-7-11(17)5-10(16)6-14(2)3/h8,10-11,17H,5-7H2,1-4H3. The van der Waals surface area contributed by atoms with Gasteiger partial charge in [0.2, 0.25) is 0 Å². The number of aryl methyl sites for hydroxylation is 2. The Morgan fingerprint density at radius 3 is 2.65 bits per heavy atom. The molecule has 1 aromatic heterocycles. The van der Waals surface area contributed by atoms with Crippen molar-refractivity contribution < 1.29 is 13.5 Å². The van der Waals surface area contributed by atoms with Crippen molar-refractivity contribution in [3.05, 3.63) is 12.0 Å². The molecule has 0 spiro atoms. The molecule has 1 aromatic rings. The van der Waals surface area contributed by atoms with Crippen LogP contribution in [0.5, 0.6) is 0 Å². The average molecular weight is 302 g/mol. The van der Waals surface area contributed by atoms with Gasteiger partial charge in [0.1, 0.15) is 5.82 Å². The molecule has 0 aliphatic carbocycles. The quantitative estimate of drug-likeness (QED) is 0.804. The molecular weight excluding hydrogens is 280 g/mol. The van der Waals surface area contributed by atoms with Crippen molar-refractivity contribution in [1.29, 1.82) is 0 Å². The van der Waals surface area contributed by atoms with Gasteiger partial charge < -0.3 is 14.6 Å². The van der Waals surface area contributed by atoms with Crippen LogP contribution in [0.4, 0.5) is 0 Å². The molecule has 2 heterocycles. The van der Waals surface area contributed by atoms with E-state index in [2.05, 4.69) is 4.98 Å². The number of rotatable bonds is 4. The lowest BCUT2D eigenvalue weighted by Gasteiger charge is -2.25. The molecule has 1 fully saturated rings. The summed E-state index contributed by atoms with van der Waals surface area (Å²) in [5, 5.41) is 9.85. The molecule has 0 amide bonds. The minimum atomic E-state index is -3.65. The molecule has 0 radical (unpaired) electrons. The van der Waals surface area contributed by atoms with E-state index in [0.29, 0.717) is 18.8 Å². The van der Waals surface area contributed by atoms with Gasteiger partial charge in [-0.2, -0.15) is 4.31 Å². The molecule has 1 N–H and O–H groups in total. The number of hydrogen-bond acceptors (Lipinski definition) is 5. The Kier molecular flexibility index (Phi) is 4.19. The van der Waals surface area contributed by atoms with E-state index in [-0.39, 0.29) is 17.6 Å². The molecule has 0 saturated carbocycles. The lowest BCUT2D eigenvalue weighted by atomic mass is 10.2. The number of aliphatic hydroxyl groups is 1. The molecule has 0 bridgehead atoms. The average Bonchev–Trinajstić information content (AvgIpc) is 2.83. The fourth-order valence-electron chi connectivity index (χ4n) is 2.52. The van der Waals surface area contributed by atoms with Crippen molar-refractivity contribution in [2.24, 2.45) is 7.05 Å².